The van der Waals surface area contributed by atoms with E-state index in [0.717, 1.165) is 18.7 Å². The van der Waals surface area contributed by atoms with Crippen LogP contribution < -0.4 is 10.2 Å². The Morgan fingerprint density at radius 3 is 2.62 bits per heavy atom. The zero-order valence-corrected chi connectivity index (χ0v) is 12.4. The first-order valence-corrected chi connectivity index (χ1v) is 7.45. The molecule has 114 valence electrons. The van der Waals surface area contributed by atoms with Crippen LogP contribution in [-0.2, 0) is 9.59 Å². The predicted octanol–water partition coefficient (Wildman–Crippen LogP) is 0.646. The summed E-state index contributed by atoms with van der Waals surface area (Å²) in [6.07, 6.45) is 3.65. The van der Waals surface area contributed by atoms with E-state index < -0.39 is 11.8 Å². The van der Waals surface area contributed by atoms with E-state index in [9.17, 15) is 9.59 Å². The van der Waals surface area contributed by atoms with Crippen LogP contribution in [0.5, 0.6) is 0 Å². The van der Waals surface area contributed by atoms with Crippen molar-refractivity contribution in [3.63, 3.8) is 0 Å². The number of piperazine rings is 1. The molecule has 0 radical (unpaired) electrons. The third-order valence-corrected chi connectivity index (χ3v) is 3.55. The molecular weight excluding hydrogens is 268 g/mol. The zero-order valence-electron chi connectivity index (χ0n) is 12.4. The first kappa shape index (κ1) is 15.3. The van der Waals surface area contributed by atoms with E-state index >= 15 is 0 Å². The third-order valence-electron chi connectivity index (χ3n) is 3.55. The highest BCUT2D eigenvalue weighted by atomic mass is 16.2. The average Bonchev–Trinajstić information content (AvgIpc) is 2.55. The Balaban J connectivity index is 1.80. The fraction of sp³-hybridized carbons (Fsp3) is 0.533. The summed E-state index contributed by atoms with van der Waals surface area (Å²) in [4.78, 5) is 31.8. The molecule has 1 aliphatic heterocycles. The van der Waals surface area contributed by atoms with Crippen molar-refractivity contribution in [1.82, 2.24) is 15.2 Å². The van der Waals surface area contributed by atoms with Gasteiger partial charge < -0.3 is 15.1 Å². The Bertz CT molecular complexity index is 470. The Labute approximate surface area is 125 Å². The molecule has 1 aromatic heterocycles. The van der Waals surface area contributed by atoms with Crippen LogP contribution in [0.25, 0.3) is 0 Å². The maximum Gasteiger partial charge on any atom is 0.312 e. The molecule has 1 aromatic rings. The summed E-state index contributed by atoms with van der Waals surface area (Å²) in [5.41, 5.74) is 0. The van der Waals surface area contributed by atoms with E-state index in [4.69, 9.17) is 0 Å². The normalized spacial score (nSPS) is 14.9. The summed E-state index contributed by atoms with van der Waals surface area (Å²) in [5.74, 6) is -0.00138. The zero-order chi connectivity index (χ0) is 15.1. The van der Waals surface area contributed by atoms with E-state index in [1.165, 1.54) is 0 Å². The molecule has 0 saturated carbocycles. The van der Waals surface area contributed by atoms with Crippen molar-refractivity contribution in [3.05, 3.63) is 24.4 Å². The number of pyridine rings is 1. The van der Waals surface area contributed by atoms with Crippen LogP contribution in [0.4, 0.5) is 5.82 Å². The fourth-order valence-corrected chi connectivity index (χ4v) is 2.28. The number of hydrogen-bond acceptors (Lipinski definition) is 4. The number of carbonyl (C=O) groups excluding carboxylic acids is 2. The molecule has 2 amide bonds. The Morgan fingerprint density at radius 1 is 1.24 bits per heavy atom. The van der Waals surface area contributed by atoms with Gasteiger partial charge in [-0.05, 0) is 18.6 Å². The van der Waals surface area contributed by atoms with Crippen LogP contribution in [0.2, 0.25) is 0 Å². The van der Waals surface area contributed by atoms with Crippen LogP contribution in [0.3, 0.4) is 0 Å². The number of amides is 2. The van der Waals surface area contributed by atoms with Crippen LogP contribution in [-0.4, -0.2) is 54.4 Å². The van der Waals surface area contributed by atoms with Crippen molar-refractivity contribution in [2.45, 2.75) is 19.8 Å². The van der Waals surface area contributed by atoms with Gasteiger partial charge in [0, 0.05) is 38.9 Å². The summed E-state index contributed by atoms with van der Waals surface area (Å²) in [7, 11) is 0. The van der Waals surface area contributed by atoms with Crippen molar-refractivity contribution < 1.29 is 9.59 Å². The number of unbranched alkanes of at least 4 members (excludes halogenated alkanes) is 1. The molecule has 21 heavy (non-hydrogen) atoms. The van der Waals surface area contributed by atoms with Crippen molar-refractivity contribution >= 4 is 17.6 Å². The molecule has 2 heterocycles. The lowest BCUT2D eigenvalue weighted by Crippen LogP contribution is -2.52. The maximum absolute atomic E-state index is 12.0. The number of anilines is 1. The molecule has 1 N–H and O–H groups in total. The molecule has 6 nitrogen and oxygen atoms in total. The van der Waals surface area contributed by atoms with Crippen LogP contribution in [0.1, 0.15) is 19.8 Å². The van der Waals surface area contributed by atoms with Crippen LogP contribution in [0, 0.1) is 0 Å². The van der Waals surface area contributed by atoms with Gasteiger partial charge in [-0.15, -0.1) is 0 Å². The monoisotopic (exact) mass is 290 g/mol. The molecular formula is C15H22N4O2. The van der Waals surface area contributed by atoms with E-state index in [1.807, 2.05) is 25.1 Å². The van der Waals surface area contributed by atoms with E-state index in [0.29, 0.717) is 32.7 Å². The number of carbonyl (C=O) groups is 2. The van der Waals surface area contributed by atoms with Crippen LogP contribution >= 0.6 is 0 Å². The molecule has 0 atom stereocenters. The molecule has 6 heteroatoms. The van der Waals surface area contributed by atoms with Crippen molar-refractivity contribution in [2.24, 2.45) is 0 Å². The van der Waals surface area contributed by atoms with Gasteiger partial charge in [0.15, 0.2) is 0 Å². The van der Waals surface area contributed by atoms with Gasteiger partial charge in [0.1, 0.15) is 5.82 Å². The summed E-state index contributed by atoms with van der Waals surface area (Å²) < 4.78 is 0. The number of rotatable bonds is 4. The summed E-state index contributed by atoms with van der Waals surface area (Å²) in [6.45, 7) is 5.11. The van der Waals surface area contributed by atoms with Gasteiger partial charge in [0.25, 0.3) is 0 Å². The first-order valence-electron chi connectivity index (χ1n) is 7.45. The SMILES string of the molecule is CCCCNC(=O)C(=O)N1CCN(c2ccccn2)CC1. The second-order valence-corrected chi connectivity index (χ2v) is 5.08. The molecule has 0 aliphatic carbocycles. The van der Waals surface area contributed by atoms with Gasteiger partial charge in [-0.2, -0.15) is 0 Å². The van der Waals surface area contributed by atoms with Gasteiger partial charge >= 0.3 is 11.8 Å². The van der Waals surface area contributed by atoms with Gasteiger partial charge in [-0.25, -0.2) is 4.98 Å². The number of nitrogens with zero attached hydrogens (tertiary/aromatic N) is 3. The molecule has 1 aliphatic rings. The van der Waals surface area contributed by atoms with Gasteiger partial charge in [0.2, 0.25) is 0 Å². The summed E-state index contributed by atoms with van der Waals surface area (Å²) >= 11 is 0. The van der Waals surface area contributed by atoms with Crippen LogP contribution in [0.15, 0.2) is 24.4 Å². The highest BCUT2D eigenvalue weighted by molar-refractivity contribution is 6.35. The van der Waals surface area contributed by atoms with Crippen molar-refractivity contribution in [2.75, 3.05) is 37.6 Å². The van der Waals surface area contributed by atoms with Gasteiger partial charge in [0.05, 0.1) is 0 Å². The van der Waals surface area contributed by atoms with Crippen molar-refractivity contribution in [1.29, 1.82) is 0 Å². The lowest BCUT2D eigenvalue weighted by Gasteiger charge is -2.34. The summed E-state index contributed by atoms with van der Waals surface area (Å²) in [6, 6.07) is 5.78. The standard InChI is InChI=1S/C15H22N4O2/c1-2-3-7-17-14(20)15(21)19-11-9-18(10-12-19)13-6-4-5-8-16-13/h4-6,8H,2-3,7,9-12H2,1H3,(H,17,20). The molecule has 2 rings (SSSR count). The minimum Gasteiger partial charge on any atom is -0.353 e. The van der Waals surface area contributed by atoms with E-state index in [-0.39, 0.29) is 0 Å². The summed E-state index contributed by atoms with van der Waals surface area (Å²) in [5, 5.41) is 2.67. The smallest absolute Gasteiger partial charge is 0.312 e. The maximum atomic E-state index is 12.0. The largest absolute Gasteiger partial charge is 0.353 e. The lowest BCUT2D eigenvalue weighted by atomic mass is 10.3. The average molecular weight is 290 g/mol. The van der Waals surface area contributed by atoms with Crippen molar-refractivity contribution in [3.8, 4) is 0 Å². The second kappa shape index (κ2) is 7.61. The van der Waals surface area contributed by atoms with Gasteiger partial charge in [-0.1, -0.05) is 19.4 Å². The van der Waals surface area contributed by atoms with E-state index in [2.05, 4.69) is 15.2 Å². The number of nitrogens with one attached hydrogen (secondary N) is 1. The second-order valence-electron chi connectivity index (χ2n) is 5.08. The Hall–Kier alpha value is -2.11. The fourth-order valence-electron chi connectivity index (χ4n) is 2.28. The molecule has 1 fully saturated rings. The predicted molar refractivity (Wildman–Crippen MR) is 80.9 cm³/mol. The van der Waals surface area contributed by atoms with Gasteiger partial charge in [-0.3, -0.25) is 9.59 Å². The number of hydrogen-bond donors (Lipinski definition) is 1. The highest BCUT2D eigenvalue weighted by Gasteiger charge is 2.25. The quantitative estimate of drug-likeness (QED) is 0.653. The third kappa shape index (κ3) is 4.18. The molecule has 0 spiro atoms. The molecule has 1 saturated heterocycles. The number of aromatic nitrogens is 1. The first-order chi connectivity index (χ1) is 10.2. The van der Waals surface area contributed by atoms with E-state index in [1.54, 1.807) is 11.1 Å². The Kier molecular flexibility index (Phi) is 5.54. The Morgan fingerprint density at radius 2 is 2.00 bits per heavy atom. The molecule has 0 bridgehead atoms. The molecule has 0 aromatic carbocycles. The topological polar surface area (TPSA) is 65.5 Å². The minimum atomic E-state index is -0.491. The minimum absolute atomic E-state index is 0.424. The highest BCUT2D eigenvalue weighted by Crippen LogP contribution is 2.12. The lowest BCUT2D eigenvalue weighted by molar-refractivity contribution is -0.146. The molecule has 0 unspecified atom stereocenters.